The first-order valence-electron chi connectivity index (χ1n) is 6.75. The van der Waals surface area contributed by atoms with Crippen molar-refractivity contribution in [1.29, 1.82) is 0 Å². The third-order valence-corrected chi connectivity index (χ3v) is 3.83. The van der Waals surface area contributed by atoms with Crippen molar-refractivity contribution in [2.45, 2.75) is 26.3 Å². The number of hydrogen-bond acceptors (Lipinski definition) is 3. The number of carbonyl (C=O) groups is 2. The molecule has 2 N–H and O–H groups in total. The van der Waals surface area contributed by atoms with Crippen LogP contribution in [0.25, 0.3) is 0 Å². The highest BCUT2D eigenvalue weighted by Gasteiger charge is 2.29. The highest BCUT2D eigenvalue weighted by molar-refractivity contribution is 5.84. The van der Waals surface area contributed by atoms with E-state index in [1.54, 1.807) is 13.8 Å². The van der Waals surface area contributed by atoms with Crippen molar-refractivity contribution in [3.8, 4) is 5.75 Å². The zero-order valence-corrected chi connectivity index (χ0v) is 11.6. The third kappa shape index (κ3) is 2.92. The Labute approximate surface area is 117 Å². The molecule has 1 amide bonds. The Morgan fingerprint density at radius 2 is 2.00 bits per heavy atom. The monoisotopic (exact) mass is 277 g/mol. The van der Waals surface area contributed by atoms with Crippen molar-refractivity contribution < 1.29 is 19.4 Å². The van der Waals surface area contributed by atoms with Gasteiger partial charge in [-0.1, -0.05) is 32.0 Å². The molecule has 0 bridgehead atoms. The van der Waals surface area contributed by atoms with Gasteiger partial charge in [0.05, 0.1) is 18.6 Å². The van der Waals surface area contributed by atoms with Gasteiger partial charge in [0, 0.05) is 17.9 Å². The van der Waals surface area contributed by atoms with E-state index < -0.39 is 17.8 Å². The summed E-state index contributed by atoms with van der Waals surface area (Å²) >= 11 is 0. The molecule has 0 aromatic heterocycles. The highest BCUT2D eigenvalue weighted by Crippen LogP contribution is 2.31. The van der Waals surface area contributed by atoms with Crippen LogP contribution in [0, 0.1) is 11.8 Å². The summed E-state index contributed by atoms with van der Waals surface area (Å²) in [5.41, 5.74) is 0.947. The fourth-order valence-electron chi connectivity index (χ4n) is 2.24. The normalized spacial score (nSPS) is 20.2. The van der Waals surface area contributed by atoms with E-state index in [0.29, 0.717) is 13.0 Å². The van der Waals surface area contributed by atoms with Crippen LogP contribution in [0.5, 0.6) is 5.75 Å². The predicted octanol–water partition coefficient (Wildman–Crippen LogP) is 1.98. The van der Waals surface area contributed by atoms with Gasteiger partial charge in [0.15, 0.2) is 0 Å². The lowest BCUT2D eigenvalue weighted by Crippen LogP contribution is -2.39. The van der Waals surface area contributed by atoms with Crippen LogP contribution in [0.2, 0.25) is 0 Å². The molecule has 1 aliphatic rings. The van der Waals surface area contributed by atoms with Crippen molar-refractivity contribution in [3.63, 3.8) is 0 Å². The zero-order chi connectivity index (χ0) is 14.7. The molecule has 1 aromatic carbocycles. The van der Waals surface area contributed by atoms with Crippen LogP contribution in [-0.4, -0.2) is 23.6 Å². The van der Waals surface area contributed by atoms with E-state index in [0.717, 1.165) is 11.3 Å². The molecule has 0 saturated carbocycles. The van der Waals surface area contributed by atoms with Crippen molar-refractivity contribution in [2.75, 3.05) is 6.61 Å². The summed E-state index contributed by atoms with van der Waals surface area (Å²) in [5.74, 6) is -1.68. The maximum atomic E-state index is 12.2. The van der Waals surface area contributed by atoms with Gasteiger partial charge in [0.2, 0.25) is 5.91 Å². The number of carboxylic acid groups (broad SMARTS) is 1. The van der Waals surface area contributed by atoms with Crippen LogP contribution < -0.4 is 10.1 Å². The van der Waals surface area contributed by atoms with Gasteiger partial charge in [-0.05, 0) is 6.07 Å². The standard InChI is InChI=1S/C15H19NO4/c1-9(10(2)15(18)19)14(17)16-12-7-8-20-13-6-4-3-5-11(12)13/h3-6,9-10,12H,7-8H2,1-2H3,(H,16,17)(H,18,19). The van der Waals surface area contributed by atoms with E-state index in [2.05, 4.69) is 5.32 Å². The zero-order valence-electron chi connectivity index (χ0n) is 11.6. The average molecular weight is 277 g/mol. The Bertz CT molecular complexity index is 514. The lowest BCUT2D eigenvalue weighted by atomic mass is 9.93. The van der Waals surface area contributed by atoms with Gasteiger partial charge in [-0.25, -0.2) is 0 Å². The van der Waals surface area contributed by atoms with Crippen molar-refractivity contribution in [3.05, 3.63) is 29.8 Å². The van der Waals surface area contributed by atoms with Gasteiger partial charge >= 0.3 is 5.97 Å². The fraction of sp³-hybridized carbons (Fsp3) is 0.467. The number of amides is 1. The summed E-state index contributed by atoms with van der Waals surface area (Å²) in [5, 5.41) is 11.9. The molecule has 0 fully saturated rings. The van der Waals surface area contributed by atoms with Crippen LogP contribution in [0.3, 0.4) is 0 Å². The van der Waals surface area contributed by atoms with Gasteiger partial charge in [0.1, 0.15) is 5.75 Å². The number of carboxylic acids is 1. The number of carbonyl (C=O) groups excluding carboxylic acids is 1. The summed E-state index contributed by atoms with van der Waals surface area (Å²) in [7, 11) is 0. The Morgan fingerprint density at radius 1 is 1.30 bits per heavy atom. The highest BCUT2D eigenvalue weighted by atomic mass is 16.5. The molecule has 5 nitrogen and oxygen atoms in total. The lowest BCUT2D eigenvalue weighted by Gasteiger charge is -2.28. The van der Waals surface area contributed by atoms with E-state index in [9.17, 15) is 9.59 Å². The van der Waals surface area contributed by atoms with Crippen molar-refractivity contribution >= 4 is 11.9 Å². The number of ether oxygens (including phenoxy) is 1. The average Bonchev–Trinajstić information content (AvgIpc) is 2.46. The SMILES string of the molecule is CC(C(=O)O)C(C)C(=O)NC1CCOc2ccccc21. The second kappa shape index (κ2) is 5.94. The van der Waals surface area contributed by atoms with E-state index in [-0.39, 0.29) is 11.9 Å². The molecule has 0 aliphatic carbocycles. The van der Waals surface area contributed by atoms with E-state index in [1.807, 2.05) is 24.3 Å². The Kier molecular flexibility index (Phi) is 4.27. The summed E-state index contributed by atoms with van der Waals surface area (Å²) < 4.78 is 5.54. The second-order valence-corrected chi connectivity index (χ2v) is 5.15. The number of hydrogen-bond donors (Lipinski definition) is 2. The summed E-state index contributed by atoms with van der Waals surface area (Å²) in [6, 6.07) is 7.46. The van der Waals surface area contributed by atoms with E-state index in [1.165, 1.54) is 0 Å². The van der Waals surface area contributed by atoms with Gasteiger partial charge in [-0.2, -0.15) is 0 Å². The summed E-state index contributed by atoms with van der Waals surface area (Å²) in [6.07, 6.45) is 0.691. The second-order valence-electron chi connectivity index (χ2n) is 5.15. The minimum Gasteiger partial charge on any atom is -0.493 e. The minimum absolute atomic E-state index is 0.115. The first kappa shape index (κ1) is 14.4. The Balaban J connectivity index is 2.08. The van der Waals surface area contributed by atoms with Crippen molar-refractivity contribution in [2.24, 2.45) is 11.8 Å². The molecular weight excluding hydrogens is 258 g/mol. The number of aliphatic carboxylic acids is 1. The first-order chi connectivity index (χ1) is 9.50. The van der Waals surface area contributed by atoms with Crippen LogP contribution in [0.1, 0.15) is 31.9 Å². The number of nitrogens with one attached hydrogen (secondary N) is 1. The molecule has 0 saturated heterocycles. The number of para-hydroxylation sites is 1. The molecule has 1 aliphatic heterocycles. The first-order valence-corrected chi connectivity index (χ1v) is 6.75. The van der Waals surface area contributed by atoms with Crippen LogP contribution in [0.15, 0.2) is 24.3 Å². The predicted molar refractivity (Wildman–Crippen MR) is 73.4 cm³/mol. The maximum absolute atomic E-state index is 12.2. The summed E-state index contributed by atoms with van der Waals surface area (Å²) in [6.45, 7) is 3.73. The smallest absolute Gasteiger partial charge is 0.307 e. The third-order valence-electron chi connectivity index (χ3n) is 3.83. The quantitative estimate of drug-likeness (QED) is 0.882. The van der Waals surface area contributed by atoms with Crippen LogP contribution >= 0.6 is 0 Å². The topological polar surface area (TPSA) is 75.6 Å². The molecule has 108 valence electrons. The van der Waals surface area contributed by atoms with Gasteiger partial charge in [-0.15, -0.1) is 0 Å². The molecule has 20 heavy (non-hydrogen) atoms. The fourth-order valence-corrected chi connectivity index (χ4v) is 2.24. The van der Waals surface area contributed by atoms with E-state index >= 15 is 0 Å². The Hall–Kier alpha value is -2.04. The van der Waals surface area contributed by atoms with Crippen molar-refractivity contribution in [1.82, 2.24) is 5.32 Å². The summed E-state index contributed by atoms with van der Waals surface area (Å²) in [4.78, 5) is 23.1. The van der Waals surface area contributed by atoms with Gasteiger partial charge in [0.25, 0.3) is 0 Å². The molecule has 3 atom stereocenters. The molecule has 1 aromatic rings. The molecule has 3 unspecified atom stereocenters. The number of rotatable bonds is 4. The van der Waals surface area contributed by atoms with Crippen LogP contribution in [0.4, 0.5) is 0 Å². The maximum Gasteiger partial charge on any atom is 0.307 e. The van der Waals surface area contributed by atoms with Crippen LogP contribution in [-0.2, 0) is 9.59 Å². The molecular formula is C15H19NO4. The largest absolute Gasteiger partial charge is 0.493 e. The lowest BCUT2D eigenvalue weighted by molar-refractivity contribution is -0.146. The molecule has 5 heteroatoms. The molecule has 0 radical (unpaired) electrons. The molecule has 2 rings (SSSR count). The molecule has 1 heterocycles. The van der Waals surface area contributed by atoms with Gasteiger partial charge < -0.3 is 15.2 Å². The molecule has 0 spiro atoms. The number of benzene rings is 1. The van der Waals surface area contributed by atoms with Gasteiger partial charge in [-0.3, -0.25) is 9.59 Å². The number of fused-ring (bicyclic) bond motifs is 1. The van der Waals surface area contributed by atoms with E-state index in [4.69, 9.17) is 9.84 Å². The Morgan fingerprint density at radius 3 is 2.70 bits per heavy atom. The minimum atomic E-state index is -0.958.